The molecule has 31 heavy (non-hydrogen) atoms. The van der Waals surface area contributed by atoms with Crippen LogP contribution in [0.1, 0.15) is 88.0 Å². The summed E-state index contributed by atoms with van der Waals surface area (Å²) in [6, 6.07) is -1.11. The molecule has 0 aromatic heterocycles. The maximum absolute atomic E-state index is 13.3. The third-order valence-corrected chi connectivity index (χ3v) is 7.46. The van der Waals surface area contributed by atoms with Crippen LogP contribution in [0.2, 0.25) is 0 Å². The van der Waals surface area contributed by atoms with Gasteiger partial charge in [-0.1, -0.05) is 27.7 Å². The van der Waals surface area contributed by atoms with Crippen molar-refractivity contribution in [1.82, 2.24) is 10.6 Å². The van der Waals surface area contributed by atoms with Gasteiger partial charge < -0.3 is 16.2 Å². The van der Waals surface area contributed by atoms with Crippen LogP contribution >= 0.6 is 0 Å². The standard InChI is InChI=1S/C24H45N3O4/c1-21(2,3)26-14-15-10-12-16(13-11-15)18(28)24(8,9)27-17(19(29)30)22(4,5)23(6,7)20(25)31/h15-17,26-27H,10-14H2,1-9H3,(H2,25,31)(H,29,30). The van der Waals surface area contributed by atoms with Gasteiger partial charge in [0.15, 0.2) is 5.78 Å². The van der Waals surface area contributed by atoms with Crippen LogP contribution in [-0.4, -0.2) is 46.4 Å². The van der Waals surface area contributed by atoms with Crippen LogP contribution in [0, 0.1) is 22.7 Å². The molecule has 0 aliphatic heterocycles. The first kappa shape index (κ1) is 27.6. The quantitative estimate of drug-likeness (QED) is 0.415. The average molecular weight is 440 g/mol. The summed E-state index contributed by atoms with van der Waals surface area (Å²) in [4.78, 5) is 37.5. The fourth-order valence-corrected chi connectivity index (χ4v) is 4.25. The summed E-state index contributed by atoms with van der Waals surface area (Å²) >= 11 is 0. The summed E-state index contributed by atoms with van der Waals surface area (Å²) in [6.45, 7) is 17.6. The van der Waals surface area contributed by atoms with Crippen molar-refractivity contribution in [2.75, 3.05) is 6.54 Å². The first-order chi connectivity index (χ1) is 13.8. The van der Waals surface area contributed by atoms with Gasteiger partial charge in [0, 0.05) is 16.9 Å². The minimum atomic E-state index is -1.11. The normalized spacial score (nSPS) is 22.1. The molecule has 5 N–H and O–H groups in total. The van der Waals surface area contributed by atoms with Crippen LogP contribution in [0.25, 0.3) is 0 Å². The third-order valence-electron chi connectivity index (χ3n) is 7.46. The predicted molar refractivity (Wildman–Crippen MR) is 124 cm³/mol. The van der Waals surface area contributed by atoms with Gasteiger partial charge in [-0.3, -0.25) is 19.7 Å². The van der Waals surface area contributed by atoms with Crippen LogP contribution in [0.5, 0.6) is 0 Å². The zero-order valence-electron chi connectivity index (χ0n) is 21.0. The maximum Gasteiger partial charge on any atom is 0.321 e. The first-order valence-electron chi connectivity index (χ1n) is 11.4. The van der Waals surface area contributed by atoms with Gasteiger partial charge in [0.2, 0.25) is 5.91 Å². The molecule has 1 rings (SSSR count). The monoisotopic (exact) mass is 439 g/mol. The van der Waals surface area contributed by atoms with E-state index in [4.69, 9.17) is 5.73 Å². The first-order valence-corrected chi connectivity index (χ1v) is 11.4. The number of nitrogens with two attached hydrogens (primary N) is 1. The van der Waals surface area contributed by atoms with E-state index in [1.807, 2.05) is 0 Å². The zero-order valence-corrected chi connectivity index (χ0v) is 21.0. The highest BCUT2D eigenvalue weighted by Gasteiger charge is 2.52. The van der Waals surface area contributed by atoms with Gasteiger partial charge >= 0.3 is 5.97 Å². The molecule has 1 aliphatic rings. The number of carbonyl (C=O) groups is 3. The molecule has 1 aliphatic carbocycles. The Balaban J connectivity index is 2.89. The van der Waals surface area contributed by atoms with Gasteiger partial charge in [-0.05, 0) is 72.8 Å². The Bertz CT molecular complexity index is 669. The minimum Gasteiger partial charge on any atom is -0.480 e. The van der Waals surface area contributed by atoms with Gasteiger partial charge in [-0.2, -0.15) is 0 Å². The van der Waals surface area contributed by atoms with E-state index in [1.165, 1.54) is 0 Å². The van der Waals surface area contributed by atoms with Crippen LogP contribution in [-0.2, 0) is 14.4 Å². The lowest BCUT2D eigenvalue weighted by molar-refractivity contribution is -0.150. The molecule has 0 heterocycles. The molecule has 0 radical (unpaired) electrons. The summed E-state index contributed by atoms with van der Waals surface area (Å²) in [5.41, 5.74) is 2.52. The van der Waals surface area contributed by atoms with Gasteiger partial charge in [0.25, 0.3) is 0 Å². The van der Waals surface area contributed by atoms with E-state index in [2.05, 4.69) is 31.4 Å². The molecule has 7 heteroatoms. The summed E-state index contributed by atoms with van der Waals surface area (Å²) in [5.74, 6) is -1.17. The van der Waals surface area contributed by atoms with Crippen LogP contribution in [0.4, 0.5) is 0 Å². The highest BCUT2D eigenvalue weighted by Crippen LogP contribution is 2.42. The summed E-state index contributed by atoms with van der Waals surface area (Å²) in [6.07, 6.45) is 3.60. The Hall–Kier alpha value is -1.47. The van der Waals surface area contributed by atoms with Crippen LogP contribution in [0.15, 0.2) is 0 Å². The number of rotatable bonds is 10. The number of ketones is 1. The molecular formula is C24H45N3O4. The molecule has 1 unspecified atom stereocenters. The van der Waals surface area contributed by atoms with Gasteiger partial charge in [0.05, 0.1) is 11.0 Å². The lowest BCUT2D eigenvalue weighted by Crippen LogP contribution is -2.64. The van der Waals surface area contributed by atoms with Crippen molar-refractivity contribution in [2.45, 2.75) is 105 Å². The van der Waals surface area contributed by atoms with E-state index < -0.39 is 34.3 Å². The van der Waals surface area contributed by atoms with Crippen molar-refractivity contribution < 1.29 is 19.5 Å². The van der Waals surface area contributed by atoms with E-state index in [1.54, 1.807) is 41.5 Å². The highest BCUT2D eigenvalue weighted by molar-refractivity contribution is 5.91. The smallest absolute Gasteiger partial charge is 0.321 e. The molecule has 0 aromatic rings. The Kier molecular flexibility index (Phi) is 8.51. The fraction of sp³-hybridized carbons (Fsp3) is 0.875. The molecular weight excluding hydrogens is 394 g/mol. The molecule has 0 bridgehead atoms. The number of carboxylic acid groups (broad SMARTS) is 1. The summed E-state index contributed by atoms with van der Waals surface area (Å²) in [5, 5.41) is 16.6. The third kappa shape index (κ3) is 6.75. The van der Waals surface area contributed by atoms with Crippen molar-refractivity contribution in [3.8, 4) is 0 Å². The van der Waals surface area contributed by atoms with E-state index in [0.717, 1.165) is 32.2 Å². The Labute approximate surface area is 188 Å². The Morgan fingerprint density at radius 2 is 1.42 bits per heavy atom. The Morgan fingerprint density at radius 1 is 0.935 bits per heavy atom. The molecule has 7 nitrogen and oxygen atoms in total. The number of hydrogen-bond donors (Lipinski definition) is 4. The number of Topliss-reactive ketones (excluding diaryl/α,β-unsaturated/α-hetero) is 1. The van der Waals surface area contributed by atoms with E-state index in [-0.39, 0.29) is 17.2 Å². The fourth-order valence-electron chi connectivity index (χ4n) is 4.25. The molecule has 0 spiro atoms. The maximum atomic E-state index is 13.3. The molecule has 1 atom stereocenters. The summed E-state index contributed by atoms with van der Waals surface area (Å²) in [7, 11) is 0. The van der Waals surface area contributed by atoms with Crippen LogP contribution in [0.3, 0.4) is 0 Å². The molecule has 1 amide bonds. The topological polar surface area (TPSA) is 122 Å². The van der Waals surface area contributed by atoms with Crippen molar-refractivity contribution >= 4 is 17.7 Å². The second-order valence-electron chi connectivity index (χ2n) is 12.0. The number of amides is 1. The zero-order chi connectivity index (χ0) is 24.4. The van der Waals surface area contributed by atoms with Gasteiger partial charge in [0.1, 0.15) is 6.04 Å². The minimum absolute atomic E-state index is 0.0358. The summed E-state index contributed by atoms with van der Waals surface area (Å²) < 4.78 is 0. The number of carboxylic acids is 1. The van der Waals surface area contributed by atoms with E-state index in [9.17, 15) is 19.5 Å². The predicted octanol–water partition coefficient (Wildman–Crippen LogP) is 3.11. The van der Waals surface area contributed by atoms with Crippen LogP contribution < -0.4 is 16.4 Å². The van der Waals surface area contributed by atoms with Crippen molar-refractivity contribution in [1.29, 1.82) is 0 Å². The second kappa shape index (κ2) is 9.57. The lowest BCUT2D eigenvalue weighted by atomic mass is 9.62. The number of nitrogens with one attached hydrogen (secondary N) is 2. The second-order valence-corrected chi connectivity index (χ2v) is 12.0. The molecule has 0 aromatic carbocycles. The number of carbonyl (C=O) groups excluding carboxylic acids is 2. The van der Waals surface area contributed by atoms with Crippen molar-refractivity contribution in [3.05, 3.63) is 0 Å². The lowest BCUT2D eigenvalue weighted by Gasteiger charge is -2.46. The SMILES string of the molecule is CC(C)(C)NCC1CCC(C(=O)C(C)(C)NC(C(=O)O)C(C)(C)C(C)(C)C(N)=O)CC1. The molecule has 0 saturated heterocycles. The largest absolute Gasteiger partial charge is 0.480 e. The number of primary amides is 1. The molecule has 180 valence electrons. The van der Waals surface area contributed by atoms with Crippen molar-refractivity contribution in [3.63, 3.8) is 0 Å². The highest BCUT2D eigenvalue weighted by atomic mass is 16.4. The Morgan fingerprint density at radius 3 is 1.81 bits per heavy atom. The van der Waals surface area contributed by atoms with Crippen molar-refractivity contribution in [2.24, 2.45) is 28.4 Å². The van der Waals surface area contributed by atoms with E-state index >= 15 is 0 Å². The van der Waals surface area contributed by atoms with Gasteiger partial charge in [-0.25, -0.2) is 0 Å². The molecule has 1 fully saturated rings. The molecule has 1 saturated carbocycles. The number of hydrogen-bond acceptors (Lipinski definition) is 5. The number of aliphatic carboxylic acids is 1. The van der Waals surface area contributed by atoms with Gasteiger partial charge in [-0.15, -0.1) is 0 Å². The average Bonchev–Trinajstić information content (AvgIpc) is 2.63. The van der Waals surface area contributed by atoms with E-state index in [0.29, 0.717) is 5.92 Å².